The van der Waals surface area contributed by atoms with Crippen molar-refractivity contribution in [3.8, 4) is 0 Å². The fraction of sp³-hybridized carbons (Fsp3) is 1.00. The molecule has 2 unspecified atom stereocenters. The van der Waals surface area contributed by atoms with Crippen molar-refractivity contribution in [2.24, 2.45) is 0 Å². The molecule has 19 heavy (non-hydrogen) atoms. The van der Waals surface area contributed by atoms with E-state index in [9.17, 15) is 0 Å². The Morgan fingerprint density at radius 3 is 1.58 bits per heavy atom. The van der Waals surface area contributed by atoms with Gasteiger partial charge in [0.05, 0.1) is 0 Å². The van der Waals surface area contributed by atoms with Gasteiger partial charge in [-0.05, 0) is 0 Å². The van der Waals surface area contributed by atoms with Crippen molar-refractivity contribution >= 4 is 0 Å². The molecule has 0 heterocycles. The van der Waals surface area contributed by atoms with E-state index in [1.807, 2.05) is 0 Å². The first-order chi connectivity index (χ1) is 9.20. The molecule has 0 aliphatic rings. The fourth-order valence-electron chi connectivity index (χ4n) is 1.40. The second-order valence-electron chi connectivity index (χ2n) is 4.89. The van der Waals surface area contributed by atoms with E-state index in [0.29, 0.717) is 0 Å². The second-order valence-corrected chi connectivity index (χ2v) is 5.49. The van der Waals surface area contributed by atoms with E-state index in [0.717, 1.165) is 39.0 Å². The first-order valence-corrected chi connectivity index (χ1v) is 8.29. The Hall–Kier alpha value is 0.359. The van der Waals surface area contributed by atoms with Crippen LogP contribution in [0.15, 0.2) is 0 Å². The number of hydrogen-bond acceptors (Lipinski definition) is 4. The van der Waals surface area contributed by atoms with Crippen LogP contribution in [0.2, 0.25) is 0 Å². The van der Waals surface area contributed by atoms with Gasteiger partial charge in [0.25, 0.3) is 0 Å². The number of hydrogen-bond donors (Lipinski definition) is 2. The van der Waals surface area contributed by atoms with Gasteiger partial charge in [-0.3, -0.25) is 0 Å². The topological polar surface area (TPSA) is 42.5 Å². The summed E-state index contributed by atoms with van der Waals surface area (Å²) in [6.45, 7) is 12.7. The zero-order valence-corrected chi connectivity index (χ0v) is 13.9. The molecular formula is C14H32CuN2O2. The summed E-state index contributed by atoms with van der Waals surface area (Å²) in [7, 11) is 0. The molecule has 0 rings (SSSR count). The van der Waals surface area contributed by atoms with Crippen LogP contribution in [0.1, 0.15) is 53.4 Å². The number of rotatable bonds is 14. The van der Waals surface area contributed by atoms with E-state index < -0.39 is 0 Å². The van der Waals surface area contributed by atoms with Crippen molar-refractivity contribution in [1.29, 1.82) is 0 Å². The van der Waals surface area contributed by atoms with Crippen molar-refractivity contribution < 1.29 is 23.3 Å². The van der Waals surface area contributed by atoms with Crippen molar-refractivity contribution in [2.75, 3.05) is 26.2 Å². The molecule has 0 fully saturated rings. The molecule has 0 spiro atoms. The summed E-state index contributed by atoms with van der Waals surface area (Å²) in [5, 5.41) is 6.73. The summed E-state index contributed by atoms with van der Waals surface area (Å²) in [4.78, 5) is 0. The summed E-state index contributed by atoms with van der Waals surface area (Å²) in [6.07, 6.45) is 4.82. The third-order valence-corrected chi connectivity index (χ3v) is 3.55. The summed E-state index contributed by atoms with van der Waals surface area (Å²) in [5.41, 5.74) is 0. The van der Waals surface area contributed by atoms with Crippen molar-refractivity contribution in [3.63, 3.8) is 0 Å². The van der Waals surface area contributed by atoms with Gasteiger partial charge in [0, 0.05) is 0 Å². The van der Waals surface area contributed by atoms with E-state index >= 15 is 0 Å². The first-order valence-electron chi connectivity index (χ1n) is 7.52. The van der Waals surface area contributed by atoms with Gasteiger partial charge in [0.15, 0.2) is 0 Å². The normalized spacial score (nSPS) is 14.7. The second kappa shape index (κ2) is 14.8. The molecule has 0 bridgehead atoms. The van der Waals surface area contributed by atoms with E-state index in [1.54, 1.807) is 0 Å². The molecule has 0 aliphatic carbocycles. The molecule has 121 valence electrons. The Morgan fingerprint density at radius 2 is 1.21 bits per heavy atom. The molecule has 0 aromatic rings. The monoisotopic (exact) mass is 323 g/mol. The standard InChI is InChI=1S/2C7H16NO.Cu/c2*1-3-5-8-6-4-7(2)9;/h2*7-8H,3-6H2,1-2H3;/q2*-1;+2. The molecule has 5 heteroatoms. The SMILES string of the molecule is CCCNCCC(C)[O][Cu][O]C(C)CCNCCC. The minimum absolute atomic E-state index is 0.217. The van der Waals surface area contributed by atoms with Crippen LogP contribution in [0.3, 0.4) is 0 Å². The Labute approximate surface area is 126 Å². The van der Waals surface area contributed by atoms with Crippen molar-refractivity contribution in [3.05, 3.63) is 0 Å². The van der Waals surface area contributed by atoms with Gasteiger partial charge in [0.2, 0.25) is 0 Å². The molecule has 0 amide bonds. The summed E-state index contributed by atoms with van der Waals surface area (Å²) in [6, 6.07) is 0. The van der Waals surface area contributed by atoms with E-state index in [4.69, 9.17) is 7.64 Å². The Bertz CT molecular complexity index is 167. The van der Waals surface area contributed by atoms with Gasteiger partial charge >= 0.3 is 126 Å². The van der Waals surface area contributed by atoms with Gasteiger partial charge in [-0.2, -0.15) is 0 Å². The fourth-order valence-corrected chi connectivity index (χ4v) is 1.98. The van der Waals surface area contributed by atoms with Crippen LogP contribution in [0.25, 0.3) is 0 Å². The van der Waals surface area contributed by atoms with Crippen LogP contribution in [0.4, 0.5) is 0 Å². The zero-order chi connectivity index (χ0) is 14.3. The Kier molecular flexibility index (Phi) is 15.0. The van der Waals surface area contributed by atoms with Crippen molar-refractivity contribution in [1.82, 2.24) is 10.6 Å². The van der Waals surface area contributed by atoms with Gasteiger partial charge in [-0.15, -0.1) is 0 Å². The van der Waals surface area contributed by atoms with Gasteiger partial charge in [0.1, 0.15) is 0 Å². The Balaban J connectivity index is 3.30. The molecule has 0 saturated heterocycles. The third kappa shape index (κ3) is 14.6. The van der Waals surface area contributed by atoms with Gasteiger partial charge in [-0.25, -0.2) is 0 Å². The predicted molar refractivity (Wildman–Crippen MR) is 76.6 cm³/mol. The predicted octanol–water partition coefficient (Wildman–Crippen LogP) is 2.49. The average molecular weight is 324 g/mol. The summed E-state index contributed by atoms with van der Waals surface area (Å²) >= 11 is 1.23. The molecule has 0 aromatic carbocycles. The molecule has 0 saturated carbocycles. The van der Waals surface area contributed by atoms with Crippen LogP contribution < -0.4 is 10.6 Å². The molecule has 4 nitrogen and oxygen atoms in total. The zero-order valence-electron chi connectivity index (χ0n) is 12.9. The average Bonchev–Trinajstić information content (AvgIpc) is 2.40. The molecule has 0 radical (unpaired) electrons. The summed E-state index contributed by atoms with van der Waals surface area (Å²) < 4.78 is 11.1. The van der Waals surface area contributed by atoms with E-state index in [2.05, 4.69) is 38.3 Å². The third-order valence-electron chi connectivity index (χ3n) is 2.61. The minimum atomic E-state index is 0.217. The first kappa shape index (κ1) is 19.4. The van der Waals surface area contributed by atoms with E-state index in [-0.39, 0.29) is 12.2 Å². The molecular weight excluding hydrogens is 292 g/mol. The van der Waals surface area contributed by atoms with Crippen LogP contribution in [0.5, 0.6) is 0 Å². The Morgan fingerprint density at radius 1 is 0.789 bits per heavy atom. The molecule has 0 aliphatic heterocycles. The number of nitrogens with one attached hydrogen (secondary N) is 2. The van der Waals surface area contributed by atoms with Crippen LogP contribution in [-0.4, -0.2) is 38.4 Å². The van der Waals surface area contributed by atoms with Crippen LogP contribution >= 0.6 is 0 Å². The molecule has 2 N–H and O–H groups in total. The maximum atomic E-state index is 5.54. The molecule has 0 aromatic heterocycles. The quantitative estimate of drug-likeness (QED) is 0.381. The van der Waals surface area contributed by atoms with Crippen LogP contribution in [0, 0.1) is 0 Å². The summed E-state index contributed by atoms with van der Waals surface area (Å²) in [5.74, 6) is 0. The maximum absolute atomic E-state index is 5.54. The van der Waals surface area contributed by atoms with Gasteiger partial charge in [-0.1, -0.05) is 0 Å². The van der Waals surface area contributed by atoms with E-state index in [1.165, 1.54) is 28.5 Å². The van der Waals surface area contributed by atoms with Crippen LogP contribution in [-0.2, 0) is 23.3 Å². The molecule has 2 atom stereocenters. The van der Waals surface area contributed by atoms with Gasteiger partial charge < -0.3 is 0 Å². The van der Waals surface area contributed by atoms with Crippen molar-refractivity contribution in [2.45, 2.75) is 65.6 Å².